The normalized spacial score (nSPS) is 14.4. The number of allylic oxidation sites excluding steroid dienone is 16. The molecule has 0 rings (SSSR count). The van der Waals surface area contributed by atoms with Crippen LogP contribution in [0.4, 0.5) is 0 Å². The summed E-state index contributed by atoms with van der Waals surface area (Å²) in [6.45, 7) is 3.94. The number of nitrogens with zero attached hydrogens (tertiary/aromatic N) is 1. The number of hydrogen-bond donors (Lipinski definition) is 0. The molecule has 0 aromatic rings. The van der Waals surface area contributed by atoms with E-state index in [1.165, 1.54) is 32.1 Å². The van der Waals surface area contributed by atoms with Crippen molar-refractivity contribution in [3.8, 4) is 0 Å². The van der Waals surface area contributed by atoms with Crippen LogP contribution in [0.5, 0.6) is 0 Å². The van der Waals surface area contributed by atoms with Crippen molar-refractivity contribution in [2.45, 2.75) is 174 Å². The average molecular weight is 886 g/mol. The summed E-state index contributed by atoms with van der Waals surface area (Å²) in [5, 5.41) is 0. The minimum absolute atomic E-state index is 0.0424. The smallest absolute Gasteiger partial charge is 0.306 e. The topological polar surface area (TPSA) is 111 Å². The van der Waals surface area contributed by atoms with Crippen molar-refractivity contribution in [1.29, 1.82) is 0 Å². The lowest BCUT2D eigenvalue weighted by Crippen LogP contribution is -2.37. The molecule has 0 aliphatic rings. The van der Waals surface area contributed by atoms with Gasteiger partial charge in [0, 0.05) is 12.8 Å². The number of rotatable bonds is 42. The first-order valence-corrected chi connectivity index (χ1v) is 25.4. The van der Waals surface area contributed by atoms with Gasteiger partial charge in [0.25, 0.3) is 7.82 Å². The SMILES string of the molecule is CC/C=C\C/C=C\C/C=C\C/C=C\C/C=C\CCCCCCCCCCCC(=O)OC(COC(=O)CCCCC/C=C\C/C=C\C/C=C\CC)COP(=O)([O-])OCC[N+](C)(C)C. The third kappa shape index (κ3) is 46.4. The van der Waals surface area contributed by atoms with Gasteiger partial charge in [-0.15, -0.1) is 0 Å². The summed E-state index contributed by atoms with van der Waals surface area (Å²) < 4.78 is 33.9. The molecule has 9 nitrogen and oxygen atoms in total. The third-order valence-corrected chi connectivity index (χ3v) is 10.6. The number of ether oxygens (including phenoxy) is 2. The summed E-state index contributed by atoms with van der Waals surface area (Å²) in [6.07, 6.45) is 57.3. The van der Waals surface area contributed by atoms with E-state index in [1.54, 1.807) is 0 Å². The molecule has 0 heterocycles. The highest BCUT2D eigenvalue weighted by molar-refractivity contribution is 7.45. The fraction of sp³-hybridized carbons (Fsp3) is 0.654. The molecular weight excluding hydrogens is 798 g/mol. The summed E-state index contributed by atoms with van der Waals surface area (Å²) in [5.74, 6) is -0.885. The van der Waals surface area contributed by atoms with Gasteiger partial charge in [-0.3, -0.25) is 14.2 Å². The van der Waals surface area contributed by atoms with Gasteiger partial charge in [0.15, 0.2) is 6.10 Å². The van der Waals surface area contributed by atoms with Crippen LogP contribution in [-0.2, 0) is 32.7 Å². The molecule has 354 valence electrons. The van der Waals surface area contributed by atoms with Gasteiger partial charge < -0.3 is 27.9 Å². The average Bonchev–Trinajstić information content (AvgIpc) is 3.23. The first-order valence-electron chi connectivity index (χ1n) is 23.9. The lowest BCUT2D eigenvalue weighted by atomic mass is 10.1. The van der Waals surface area contributed by atoms with Crippen molar-refractivity contribution in [2.75, 3.05) is 47.5 Å². The van der Waals surface area contributed by atoms with Crippen LogP contribution in [0.15, 0.2) is 97.2 Å². The zero-order valence-electron chi connectivity index (χ0n) is 39.8. The molecule has 0 radical (unpaired) electrons. The van der Waals surface area contributed by atoms with Gasteiger partial charge in [0.1, 0.15) is 19.8 Å². The van der Waals surface area contributed by atoms with Crippen molar-refractivity contribution in [2.24, 2.45) is 0 Å². The summed E-state index contributed by atoms with van der Waals surface area (Å²) in [6, 6.07) is 0. The maximum absolute atomic E-state index is 12.7. The van der Waals surface area contributed by atoms with Gasteiger partial charge in [-0.25, -0.2) is 0 Å². The van der Waals surface area contributed by atoms with Gasteiger partial charge in [-0.2, -0.15) is 0 Å². The van der Waals surface area contributed by atoms with Crippen LogP contribution < -0.4 is 4.89 Å². The molecule has 10 heteroatoms. The Kier molecular flexibility index (Phi) is 41.1. The molecule has 0 aliphatic heterocycles. The quantitative estimate of drug-likeness (QED) is 0.0196. The Morgan fingerprint density at radius 2 is 0.871 bits per heavy atom. The Labute approximate surface area is 379 Å². The predicted molar refractivity (Wildman–Crippen MR) is 259 cm³/mol. The molecule has 0 aliphatic carbocycles. The molecule has 0 fully saturated rings. The Bertz CT molecular complexity index is 1370. The van der Waals surface area contributed by atoms with Gasteiger partial charge >= 0.3 is 11.9 Å². The van der Waals surface area contributed by atoms with Gasteiger partial charge in [-0.1, -0.05) is 162 Å². The molecule has 2 atom stereocenters. The number of unbranched alkanes of at least 4 members (excludes halogenated alkanes) is 12. The second kappa shape index (κ2) is 43.2. The maximum atomic E-state index is 12.7. The molecule has 0 saturated carbocycles. The fourth-order valence-corrected chi connectivity index (χ4v) is 6.66. The standard InChI is InChI=1S/C52H88NO8P/c1-6-8-10-12-14-16-18-20-21-22-23-24-25-26-27-28-29-30-31-33-35-37-39-41-43-45-52(55)61-50(49-60-62(56,57)59-47-46-53(3,4)5)48-58-51(54)44-42-40-38-36-34-32-19-17-15-13-11-9-7-2/h8-11,14-17,20-21,23-24,26-27,32,34,50H,6-7,12-13,18-19,22,25,28-31,33,35-49H2,1-5H3/b10-8-,11-9-,16-14-,17-15-,21-20-,24-23-,27-26-,34-32-. The molecule has 0 amide bonds. The van der Waals surface area contributed by atoms with Gasteiger partial charge in [0.2, 0.25) is 0 Å². The first kappa shape index (κ1) is 58.9. The van der Waals surface area contributed by atoms with Crippen LogP contribution in [0.1, 0.15) is 168 Å². The Balaban J connectivity index is 4.30. The van der Waals surface area contributed by atoms with Gasteiger partial charge in [-0.05, 0) is 89.9 Å². The minimum atomic E-state index is -4.64. The van der Waals surface area contributed by atoms with E-state index in [-0.39, 0.29) is 26.1 Å². The predicted octanol–water partition coefficient (Wildman–Crippen LogP) is 13.5. The number of carbonyl (C=O) groups excluding carboxylic acids is 2. The van der Waals surface area contributed by atoms with Crippen LogP contribution in [-0.4, -0.2) is 70.0 Å². The molecule has 0 saturated heterocycles. The second-order valence-electron chi connectivity index (χ2n) is 16.7. The van der Waals surface area contributed by atoms with E-state index in [0.717, 1.165) is 96.3 Å². The summed E-state index contributed by atoms with van der Waals surface area (Å²) in [5.41, 5.74) is 0. The summed E-state index contributed by atoms with van der Waals surface area (Å²) in [4.78, 5) is 37.6. The lowest BCUT2D eigenvalue weighted by Gasteiger charge is -2.28. The van der Waals surface area contributed by atoms with Crippen LogP contribution >= 0.6 is 7.82 Å². The number of phosphoric ester groups is 1. The van der Waals surface area contributed by atoms with Crippen LogP contribution in [0.3, 0.4) is 0 Å². The van der Waals surface area contributed by atoms with E-state index in [4.69, 9.17) is 18.5 Å². The summed E-state index contributed by atoms with van der Waals surface area (Å²) >= 11 is 0. The van der Waals surface area contributed by atoms with E-state index in [0.29, 0.717) is 23.9 Å². The third-order valence-electron chi connectivity index (χ3n) is 9.60. The second-order valence-corrected chi connectivity index (χ2v) is 18.1. The van der Waals surface area contributed by atoms with Crippen molar-refractivity contribution in [3.05, 3.63) is 97.2 Å². The van der Waals surface area contributed by atoms with Crippen molar-refractivity contribution < 1.29 is 42.1 Å². The van der Waals surface area contributed by atoms with Crippen LogP contribution in [0, 0.1) is 0 Å². The molecule has 2 unspecified atom stereocenters. The Morgan fingerprint density at radius 1 is 0.500 bits per heavy atom. The van der Waals surface area contributed by atoms with E-state index >= 15 is 0 Å². The molecular formula is C52H88NO8P. The minimum Gasteiger partial charge on any atom is -0.756 e. The summed E-state index contributed by atoms with van der Waals surface area (Å²) in [7, 11) is 1.13. The van der Waals surface area contributed by atoms with Crippen molar-refractivity contribution >= 4 is 19.8 Å². The maximum Gasteiger partial charge on any atom is 0.306 e. The van der Waals surface area contributed by atoms with E-state index in [9.17, 15) is 19.0 Å². The number of quaternary nitrogens is 1. The van der Waals surface area contributed by atoms with Crippen LogP contribution in [0.25, 0.3) is 0 Å². The number of hydrogen-bond acceptors (Lipinski definition) is 8. The molecule has 0 spiro atoms. The molecule has 62 heavy (non-hydrogen) atoms. The zero-order chi connectivity index (χ0) is 45.7. The Hall–Kier alpha value is -3.07. The van der Waals surface area contributed by atoms with Crippen molar-refractivity contribution in [3.63, 3.8) is 0 Å². The number of phosphoric acid groups is 1. The van der Waals surface area contributed by atoms with Crippen LogP contribution in [0.2, 0.25) is 0 Å². The number of esters is 2. The van der Waals surface area contributed by atoms with Gasteiger partial charge in [0.05, 0.1) is 27.7 Å². The fourth-order valence-electron chi connectivity index (χ4n) is 5.93. The van der Waals surface area contributed by atoms with E-state index in [2.05, 4.69) is 111 Å². The first-order chi connectivity index (χ1) is 30.0. The van der Waals surface area contributed by atoms with E-state index < -0.39 is 32.5 Å². The van der Waals surface area contributed by atoms with Crippen molar-refractivity contribution in [1.82, 2.24) is 0 Å². The molecule has 0 N–H and O–H groups in total. The zero-order valence-corrected chi connectivity index (χ0v) is 40.7. The molecule has 0 bridgehead atoms. The van der Waals surface area contributed by atoms with E-state index in [1.807, 2.05) is 21.1 Å². The number of likely N-dealkylation sites (N-methyl/N-ethyl adjacent to an activating group) is 1. The molecule has 0 aromatic carbocycles. The highest BCUT2D eigenvalue weighted by Crippen LogP contribution is 2.38. The highest BCUT2D eigenvalue weighted by atomic mass is 31.2. The Morgan fingerprint density at radius 3 is 1.31 bits per heavy atom. The highest BCUT2D eigenvalue weighted by Gasteiger charge is 2.21. The lowest BCUT2D eigenvalue weighted by molar-refractivity contribution is -0.870. The monoisotopic (exact) mass is 886 g/mol. The number of carbonyl (C=O) groups is 2. The molecule has 0 aromatic heterocycles. The largest absolute Gasteiger partial charge is 0.756 e.